The van der Waals surface area contributed by atoms with Crippen LogP contribution >= 0.6 is 27.7 Å². The van der Waals surface area contributed by atoms with Crippen molar-refractivity contribution in [2.45, 2.75) is 26.1 Å². The van der Waals surface area contributed by atoms with Crippen molar-refractivity contribution in [1.82, 2.24) is 4.90 Å². The number of rotatable bonds is 1. The van der Waals surface area contributed by atoms with Gasteiger partial charge in [-0.3, -0.25) is 4.79 Å². The molecule has 6 heteroatoms. The fourth-order valence-corrected chi connectivity index (χ4v) is 3.96. The number of hydrogen-bond donors (Lipinski definition) is 0. The van der Waals surface area contributed by atoms with E-state index in [1.807, 2.05) is 44.2 Å². The van der Waals surface area contributed by atoms with Crippen molar-refractivity contribution in [3.05, 3.63) is 39.2 Å². The molecule has 22 heavy (non-hydrogen) atoms. The molecule has 4 nitrogen and oxygen atoms in total. The summed E-state index contributed by atoms with van der Waals surface area (Å²) in [5, 5.41) is 0.785. The lowest BCUT2D eigenvalue weighted by atomic mass is 10.2. The van der Waals surface area contributed by atoms with Gasteiger partial charge in [0.2, 0.25) is 0 Å². The maximum absolute atomic E-state index is 12.1. The molecule has 1 saturated heterocycles. The molecule has 3 rings (SSSR count). The molecule has 1 amide bonds. The van der Waals surface area contributed by atoms with E-state index in [4.69, 9.17) is 4.74 Å². The zero-order chi connectivity index (χ0) is 15.7. The van der Waals surface area contributed by atoms with Crippen LogP contribution in [-0.4, -0.2) is 41.3 Å². The van der Waals surface area contributed by atoms with Gasteiger partial charge in [0.1, 0.15) is 0 Å². The van der Waals surface area contributed by atoms with E-state index < -0.39 is 0 Å². The van der Waals surface area contributed by atoms with Crippen molar-refractivity contribution < 1.29 is 9.53 Å². The summed E-state index contributed by atoms with van der Waals surface area (Å²) in [6.45, 7) is 5.63. The molecular formula is C16H17BrN2O2S. The van der Waals surface area contributed by atoms with Crippen LogP contribution in [0, 0.1) is 0 Å². The molecule has 1 aromatic rings. The Morgan fingerprint density at radius 3 is 2.77 bits per heavy atom. The smallest absolute Gasteiger partial charge is 0.286 e. The van der Waals surface area contributed by atoms with Gasteiger partial charge in [0, 0.05) is 17.6 Å². The van der Waals surface area contributed by atoms with E-state index in [2.05, 4.69) is 25.8 Å². The van der Waals surface area contributed by atoms with Crippen LogP contribution in [0.15, 0.2) is 38.6 Å². The first-order valence-electron chi connectivity index (χ1n) is 7.20. The molecule has 0 unspecified atom stereocenters. The average molecular weight is 381 g/mol. The van der Waals surface area contributed by atoms with Crippen molar-refractivity contribution in [3.8, 4) is 0 Å². The number of carbonyl (C=O) groups is 1. The first-order valence-corrected chi connectivity index (χ1v) is 8.81. The van der Waals surface area contributed by atoms with E-state index in [0.29, 0.717) is 4.91 Å². The predicted molar refractivity (Wildman–Crippen MR) is 93.7 cm³/mol. The minimum Gasteiger partial charge on any atom is -0.372 e. The summed E-state index contributed by atoms with van der Waals surface area (Å²) in [7, 11) is 0. The molecule has 1 aromatic carbocycles. The molecule has 2 heterocycles. The number of benzene rings is 1. The molecule has 0 N–H and O–H groups in total. The Balaban J connectivity index is 1.76. The number of morpholine rings is 1. The molecule has 0 radical (unpaired) electrons. The van der Waals surface area contributed by atoms with Gasteiger partial charge in [-0.05, 0) is 49.4 Å². The van der Waals surface area contributed by atoms with E-state index in [9.17, 15) is 4.79 Å². The lowest BCUT2D eigenvalue weighted by molar-refractivity contribution is -0.113. The molecule has 0 saturated carbocycles. The Kier molecular flexibility index (Phi) is 4.70. The highest BCUT2D eigenvalue weighted by Gasteiger charge is 2.30. The second kappa shape index (κ2) is 6.56. The number of amides is 1. The van der Waals surface area contributed by atoms with Gasteiger partial charge >= 0.3 is 0 Å². The van der Waals surface area contributed by atoms with Crippen molar-refractivity contribution in [1.29, 1.82) is 0 Å². The highest BCUT2D eigenvalue weighted by Crippen LogP contribution is 2.31. The van der Waals surface area contributed by atoms with Gasteiger partial charge in [-0.1, -0.05) is 28.1 Å². The van der Waals surface area contributed by atoms with Gasteiger partial charge in [0.05, 0.1) is 17.1 Å². The number of hydrogen-bond acceptors (Lipinski definition) is 4. The van der Waals surface area contributed by atoms with Crippen molar-refractivity contribution >= 4 is 44.8 Å². The summed E-state index contributed by atoms with van der Waals surface area (Å²) in [6.07, 6.45) is 2.20. The molecule has 2 atom stereocenters. The van der Waals surface area contributed by atoms with Gasteiger partial charge in [0.15, 0.2) is 5.17 Å². The second-order valence-electron chi connectivity index (χ2n) is 5.53. The van der Waals surface area contributed by atoms with Crippen LogP contribution < -0.4 is 0 Å². The quantitative estimate of drug-likeness (QED) is 0.698. The summed E-state index contributed by atoms with van der Waals surface area (Å²) >= 11 is 4.89. The molecule has 2 aliphatic rings. The lowest BCUT2D eigenvalue weighted by Crippen LogP contribution is -2.47. The summed E-state index contributed by atoms with van der Waals surface area (Å²) < 4.78 is 6.72. The van der Waals surface area contributed by atoms with E-state index >= 15 is 0 Å². The number of ether oxygens (including phenoxy) is 1. The lowest BCUT2D eigenvalue weighted by Gasteiger charge is -2.35. The van der Waals surface area contributed by atoms with Gasteiger partial charge in [0.25, 0.3) is 5.91 Å². The van der Waals surface area contributed by atoms with E-state index in [1.165, 1.54) is 11.8 Å². The molecule has 0 spiro atoms. The topological polar surface area (TPSA) is 41.9 Å². The van der Waals surface area contributed by atoms with Gasteiger partial charge in [-0.2, -0.15) is 4.99 Å². The van der Waals surface area contributed by atoms with Crippen LogP contribution in [-0.2, 0) is 9.53 Å². The van der Waals surface area contributed by atoms with Crippen LogP contribution in [0.5, 0.6) is 0 Å². The monoisotopic (exact) mass is 380 g/mol. The number of halogens is 1. The highest BCUT2D eigenvalue weighted by atomic mass is 79.9. The normalized spacial score (nSPS) is 27.4. The number of amidine groups is 1. The maximum Gasteiger partial charge on any atom is 0.286 e. The van der Waals surface area contributed by atoms with Crippen LogP contribution in [0.25, 0.3) is 6.08 Å². The van der Waals surface area contributed by atoms with E-state index in [-0.39, 0.29) is 18.1 Å². The largest absolute Gasteiger partial charge is 0.372 e. The average Bonchev–Trinajstić information content (AvgIpc) is 2.79. The zero-order valence-electron chi connectivity index (χ0n) is 12.5. The predicted octanol–water partition coefficient (Wildman–Crippen LogP) is 3.53. The number of aliphatic imine (C=N–C) groups is 1. The van der Waals surface area contributed by atoms with E-state index in [0.717, 1.165) is 28.3 Å². The molecule has 2 aliphatic heterocycles. The fraction of sp³-hybridized carbons (Fsp3) is 0.375. The third-order valence-electron chi connectivity index (χ3n) is 3.45. The molecular weight excluding hydrogens is 364 g/mol. The fourth-order valence-electron chi connectivity index (χ4n) is 2.62. The molecule has 0 bridgehead atoms. The van der Waals surface area contributed by atoms with Crippen LogP contribution in [0.3, 0.4) is 0 Å². The van der Waals surface area contributed by atoms with Crippen molar-refractivity contribution in [2.75, 3.05) is 13.1 Å². The molecule has 1 fully saturated rings. The van der Waals surface area contributed by atoms with Crippen LogP contribution in [0.1, 0.15) is 19.4 Å². The Morgan fingerprint density at radius 1 is 1.36 bits per heavy atom. The Hall–Kier alpha value is -1.11. The zero-order valence-corrected chi connectivity index (χ0v) is 14.9. The second-order valence-corrected chi connectivity index (χ2v) is 7.45. The molecule has 0 aliphatic carbocycles. The minimum absolute atomic E-state index is 0.153. The minimum atomic E-state index is -0.160. The van der Waals surface area contributed by atoms with Crippen molar-refractivity contribution in [3.63, 3.8) is 0 Å². The number of thioether (sulfide) groups is 1. The van der Waals surface area contributed by atoms with Crippen molar-refractivity contribution in [2.24, 2.45) is 4.99 Å². The Bertz CT molecular complexity index is 649. The summed E-state index contributed by atoms with van der Waals surface area (Å²) in [5.41, 5.74) is 0.991. The third-order valence-corrected chi connectivity index (χ3v) is 4.98. The summed E-state index contributed by atoms with van der Waals surface area (Å²) in [6, 6.07) is 7.87. The third kappa shape index (κ3) is 3.62. The van der Waals surface area contributed by atoms with Gasteiger partial charge in [-0.15, -0.1) is 0 Å². The highest BCUT2D eigenvalue weighted by molar-refractivity contribution is 9.10. The van der Waals surface area contributed by atoms with Crippen LogP contribution in [0.2, 0.25) is 0 Å². The van der Waals surface area contributed by atoms with Gasteiger partial charge < -0.3 is 9.64 Å². The maximum atomic E-state index is 12.1. The summed E-state index contributed by atoms with van der Waals surface area (Å²) in [4.78, 5) is 19.2. The Morgan fingerprint density at radius 2 is 2.09 bits per heavy atom. The standard InChI is InChI=1S/C16H17BrN2O2S/c1-10-8-19(9-11(2)21-10)16-18-15(20)14(22-16)7-12-4-3-5-13(17)6-12/h3-7,10-11H,8-9H2,1-2H3/b14-7+/t10-,11-/m0/s1. The first kappa shape index (κ1) is 15.8. The van der Waals surface area contributed by atoms with Crippen LogP contribution in [0.4, 0.5) is 0 Å². The Labute approximate surface area is 142 Å². The summed E-state index contributed by atoms with van der Waals surface area (Å²) in [5.74, 6) is -0.160. The molecule has 116 valence electrons. The van der Waals surface area contributed by atoms with E-state index in [1.54, 1.807) is 0 Å². The molecule has 0 aromatic heterocycles. The SMILES string of the molecule is C[C@H]1CN(C2=NC(=O)/C(=C\c3cccc(Br)c3)S2)C[C@H](C)O1. The first-order chi connectivity index (χ1) is 10.5. The number of carbonyl (C=O) groups excluding carboxylic acids is 1. The van der Waals surface area contributed by atoms with Gasteiger partial charge in [-0.25, -0.2) is 0 Å². The number of nitrogens with zero attached hydrogens (tertiary/aromatic N) is 2.